The molecule has 5 heteroatoms. The van der Waals surface area contributed by atoms with Gasteiger partial charge in [0.05, 0.1) is 0 Å². The van der Waals surface area contributed by atoms with E-state index in [2.05, 4.69) is 0 Å². The summed E-state index contributed by atoms with van der Waals surface area (Å²) in [5.41, 5.74) is 0.770. The van der Waals surface area contributed by atoms with Crippen LogP contribution in [0.4, 0.5) is 14.5 Å². The molecular formula is C15H14ClF2NO. The van der Waals surface area contributed by atoms with Crippen molar-refractivity contribution in [2.24, 2.45) is 0 Å². The zero-order valence-corrected chi connectivity index (χ0v) is 11.8. The predicted molar refractivity (Wildman–Crippen MR) is 76.3 cm³/mol. The molecule has 0 aliphatic heterocycles. The third-order valence-corrected chi connectivity index (χ3v) is 3.38. The summed E-state index contributed by atoms with van der Waals surface area (Å²) < 4.78 is 27.9. The van der Waals surface area contributed by atoms with Crippen LogP contribution >= 0.6 is 11.6 Å². The highest BCUT2D eigenvalue weighted by Gasteiger charge is 2.18. The van der Waals surface area contributed by atoms with Crippen molar-refractivity contribution in [3.05, 3.63) is 53.1 Å². The van der Waals surface area contributed by atoms with Crippen molar-refractivity contribution in [2.75, 3.05) is 18.5 Å². The molecule has 0 atom stereocenters. The van der Waals surface area contributed by atoms with Gasteiger partial charge >= 0.3 is 0 Å². The largest absolute Gasteiger partial charge is 0.366 e. The normalized spacial score (nSPS) is 14.1. The maximum atomic E-state index is 13.9. The average Bonchev–Trinajstić information content (AvgIpc) is 2.38. The van der Waals surface area contributed by atoms with Gasteiger partial charge in [-0.1, -0.05) is 23.8 Å². The van der Waals surface area contributed by atoms with Gasteiger partial charge in [0.25, 0.3) is 5.24 Å². The van der Waals surface area contributed by atoms with Gasteiger partial charge in [0, 0.05) is 19.2 Å². The van der Waals surface area contributed by atoms with E-state index >= 15 is 0 Å². The van der Waals surface area contributed by atoms with E-state index in [-0.39, 0.29) is 11.3 Å². The molecule has 1 aromatic rings. The Morgan fingerprint density at radius 2 is 2.00 bits per heavy atom. The van der Waals surface area contributed by atoms with Crippen LogP contribution in [0.2, 0.25) is 0 Å². The molecule has 1 aliphatic carbocycles. The number of hydrogen-bond acceptors (Lipinski definition) is 2. The number of carbonyl (C=O) groups is 1. The number of likely N-dealkylation sites (N-methyl/N-ethyl adjacent to an activating group) is 1. The first kappa shape index (κ1) is 14.7. The minimum Gasteiger partial charge on any atom is -0.366 e. The Bertz CT molecular complexity index is 573. The Kier molecular flexibility index (Phi) is 4.55. The van der Waals surface area contributed by atoms with Gasteiger partial charge in [0.15, 0.2) is 0 Å². The van der Waals surface area contributed by atoms with Crippen LogP contribution in [0, 0.1) is 11.6 Å². The van der Waals surface area contributed by atoms with Gasteiger partial charge in [-0.3, -0.25) is 4.79 Å². The van der Waals surface area contributed by atoms with E-state index in [1.807, 2.05) is 18.2 Å². The highest BCUT2D eigenvalue weighted by Crippen LogP contribution is 2.26. The first-order valence-electron chi connectivity index (χ1n) is 6.23. The minimum atomic E-state index is -0.878. The molecule has 1 aliphatic rings. The SMILES string of the molecule is CN(CC1=CC=CCC1)c1c(F)cc(C(=O)Cl)cc1F. The average molecular weight is 298 g/mol. The summed E-state index contributed by atoms with van der Waals surface area (Å²) in [5, 5.41) is -0.878. The topological polar surface area (TPSA) is 20.3 Å². The fourth-order valence-electron chi connectivity index (χ4n) is 2.21. The van der Waals surface area contributed by atoms with Crippen LogP contribution in [0.5, 0.6) is 0 Å². The second-order valence-electron chi connectivity index (χ2n) is 4.71. The zero-order valence-electron chi connectivity index (χ0n) is 11.0. The summed E-state index contributed by atoms with van der Waals surface area (Å²) in [6, 6.07) is 1.92. The molecule has 1 aromatic carbocycles. The Hall–Kier alpha value is -1.68. The fraction of sp³-hybridized carbons (Fsp3) is 0.267. The molecule has 0 aromatic heterocycles. The van der Waals surface area contributed by atoms with E-state index in [0.717, 1.165) is 30.5 Å². The smallest absolute Gasteiger partial charge is 0.252 e. The number of halogens is 3. The molecule has 0 spiro atoms. The van der Waals surface area contributed by atoms with Crippen molar-refractivity contribution in [1.82, 2.24) is 0 Å². The molecule has 0 fully saturated rings. The number of benzene rings is 1. The third-order valence-electron chi connectivity index (χ3n) is 3.17. The van der Waals surface area contributed by atoms with Gasteiger partial charge in [0.1, 0.15) is 17.3 Å². The van der Waals surface area contributed by atoms with Crippen molar-refractivity contribution >= 4 is 22.5 Å². The minimum absolute atomic E-state index is 0.151. The summed E-state index contributed by atoms with van der Waals surface area (Å²) in [4.78, 5) is 12.4. The molecule has 2 rings (SSSR count). The summed E-state index contributed by atoms with van der Waals surface area (Å²) >= 11 is 5.23. The summed E-state index contributed by atoms with van der Waals surface area (Å²) in [6.07, 6.45) is 7.75. The van der Waals surface area contributed by atoms with Crippen molar-refractivity contribution in [1.29, 1.82) is 0 Å². The third kappa shape index (κ3) is 3.25. The lowest BCUT2D eigenvalue weighted by atomic mass is 10.0. The Morgan fingerprint density at radius 3 is 2.50 bits per heavy atom. The first-order chi connectivity index (χ1) is 9.49. The Morgan fingerprint density at radius 1 is 1.35 bits per heavy atom. The lowest BCUT2D eigenvalue weighted by Crippen LogP contribution is -2.23. The number of nitrogens with zero attached hydrogens (tertiary/aromatic N) is 1. The molecule has 106 valence electrons. The molecule has 2 nitrogen and oxygen atoms in total. The van der Waals surface area contributed by atoms with Crippen LogP contribution in [-0.2, 0) is 0 Å². The number of hydrogen-bond donors (Lipinski definition) is 0. The standard InChI is InChI=1S/C15H14ClF2NO/c1-19(9-10-5-3-2-4-6-10)14-12(17)7-11(15(16)20)8-13(14)18/h2-3,5,7-8H,4,6,9H2,1H3. The van der Waals surface area contributed by atoms with Crippen molar-refractivity contribution in [2.45, 2.75) is 12.8 Å². The van der Waals surface area contributed by atoms with Crippen LogP contribution in [0.1, 0.15) is 23.2 Å². The van der Waals surface area contributed by atoms with Crippen molar-refractivity contribution in [3.8, 4) is 0 Å². The molecule has 0 saturated carbocycles. The van der Waals surface area contributed by atoms with Gasteiger partial charge < -0.3 is 4.90 Å². The van der Waals surface area contributed by atoms with Crippen LogP contribution in [0.25, 0.3) is 0 Å². The molecule has 0 radical (unpaired) electrons. The molecule has 20 heavy (non-hydrogen) atoms. The second kappa shape index (κ2) is 6.18. The van der Waals surface area contributed by atoms with Gasteiger partial charge in [-0.25, -0.2) is 8.78 Å². The quantitative estimate of drug-likeness (QED) is 0.781. The molecule has 0 N–H and O–H groups in total. The summed E-state index contributed by atoms with van der Waals surface area (Å²) in [7, 11) is 1.61. The van der Waals surface area contributed by atoms with Crippen molar-refractivity contribution < 1.29 is 13.6 Å². The monoisotopic (exact) mass is 297 g/mol. The van der Waals surface area contributed by atoms with Crippen LogP contribution in [0.15, 0.2) is 35.9 Å². The molecular weight excluding hydrogens is 284 g/mol. The van der Waals surface area contributed by atoms with Crippen molar-refractivity contribution in [3.63, 3.8) is 0 Å². The molecule has 0 bridgehead atoms. The maximum absolute atomic E-state index is 13.9. The second-order valence-corrected chi connectivity index (χ2v) is 5.05. The first-order valence-corrected chi connectivity index (χ1v) is 6.61. The molecule has 0 unspecified atom stereocenters. The van der Waals surface area contributed by atoms with E-state index in [9.17, 15) is 13.6 Å². The maximum Gasteiger partial charge on any atom is 0.252 e. The highest BCUT2D eigenvalue weighted by atomic mass is 35.5. The van der Waals surface area contributed by atoms with Crippen LogP contribution in [0.3, 0.4) is 0 Å². The summed E-state index contributed by atoms with van der Waals surface area (Å²) in [5.74, 6) is -1.58. The lowest BCUT2D eigenvalue weighted by molar-refractivity contribution is 0.108. The predicted octanol–water partition coefficient (Wildman–Crippen LogP) is 4.06. The van der Waals surface area contributed by atoms with Gasteiger partial charge in [-0.15, -0.1) is 0 Å². The van der Waals surface area contributed by atoms with E-state index in [0.29, 0.717) is 6.54 Å². The van der Waals surface area contributed by atoms with Gasteiger partial charge in [0.2, 0.25) is 0 Å². The van der Waals surface area contributed by atoms with E-state index in [1.165, 1.54) is 4.90 Å². The highest BCUT2D eigenvalue weighted by molar-refractivity contribution is 6.67. The number of anilines is 1. The molecule has 0 heterocycles. The zero-order chi connectivity index (χ0) is 14.7. The summed E-state index contributed by atoms with van der Waals surface area (Å²) in [6.45, 7) is 0.437. The van der Waals surface area contributed by atoms with E-state index < -0.39 is 16.9 Å². The van der Waals surface area contributed by atoms with E-state index in [4.69, 9.17) is 11.6 Å². The molecule has 0 amide bonds. The van der Waals surface area contributed by atoms with Crippen LogP contribution < -0.4 is 4.90 Å². The Balaban J connectivity index is 2.25. The van der Waals surface area contributed by atoms with E-state index in [1.54, 1.807) is 7.05 Å². The lowest BCUT2D eigenvalue weighted by Gasteiger charge is -2.23. The molecule has 0 saturated heterocycles. The number of rotatable bonds is 4. The Labute approximate surface area is 121 Å². The number of carbonyl (C=O) groups excluding carboxylic acids is 1. The van der Waals surface area contributed by atoms with Crippen LogP contribution in [-0.4, -0.2) is 18.8 Å². The van der Waals surface area contributed by atoms with Gasteiger partial charge in [-0.2, -0.15) is 0 Å². The fourth-order valence-corrected chi connectivity index (χ4v) is 2.32. The van der Waals surface area contributed by atoms with Gasteiger partial charge in [-0.05, 0) is 36.6 Å². The number of allylic oxidation sites excluding steroid dienone is 3.